The van der Waals surface area contributed by atoms with Gasteiger partial charge in [-0.15, -0.1) is 11.3 Å². The van der Waals surface area contributed by atoms with Crippen molar-refractivity contribution in [2.75, 3.05) is 0 Å². The number of esters is 1. The predicted molar refractivity (Wildman–Crippen MR) is 141 cm³/mol. The Kier molecular flexibility index (Phi) is 7.70. The van der Waals surface area contributed by atoms with Crippen molar-refractivity contribution >= 4 is 29.1 Å². The molecule has 1 aromatic heterocycles. The molecule has 0 radical (unpaired) electrons. The van der Waals surface area contributed by atoms with Crippen LogP contribution in [0.15, 0.2) is 35.8 Å². The number of nitrogens with zero attached hydrogens (tertiary/aromatic N) is 2. The summed E-state index contributed by atoms with van der Waals surface area (Å²) in [7, 11) is 0. The van der Waals surface area contributed by atoms with Crippen molar-refractivity contribution < 1.29 is 19.1 Å². The summed E-state index contributed by atoms with van der Waals surface area (Å²) in [6, 6.07) is 6.86. The van der Waals surface area contributed by atoms with Gasteiger partial charge in [0.05, 0.1) is 12.0 Å². The zero-order chi connectivity index (χ0) is 27.1. The van der Waals surface area contributed by atoms with Gasteiger partial charge in [-0.05, 0) is 62.6 Å². The molecule has 3 atom stereocenters. The minimum absolute atomic E-state index is 0.0204. The Hall–Kier alpha value is -2.74. The van der Waals surface area contributed by atoms with Crippen molar-refractivity contribution in [3.8, 4) is 0 Å². The maximum atomic E-state index is 14.3. The zero-order valence-corrected chi connectivity index (χ0v) is 23.4. The molecule has 1 aromatic carbocycles. The Balaban J connectivity index is 2.24. The number of hydrogen-bond donors (Lipinski definition) is 1. The van der Waals surface area contributed by atoms with Gasteiger partial charge in [-0.3, -0.25) is 9.59 Å². The second-order valence-corrected chi connectivity index (χ2v) is 13.0. The molecule has 1 saturated heterocycles. The second kappa shape index (κ2) is 9.96. The van der Waals surface area contributed by atoms with Gasteiger partial charge in [0.25, 0.3) is 5.91 Å². The Morgan fingerprint density at radius 1 is 1.14 bits per heavy atom. The van der Waals surface area contributed by atoms with Crippen LogP contribution in [0, 0.1) is 11.8 Å². The highest BCUT2D eigenvalue weighted by Crippen LogP contribution is 2.51. The second-order valence-electron chi connectivity index (χ2n) is 12.1. The fraction of sp³-hybridized carbons (Fsp3) is 0.571. The highest BCUT2D eigenvalue weighted by Gasteiger charge is 2.64. The Bertz CT molecular complexity index is 1100. The van der Waals surface area contributed by atoms with E-state index in [0.717, 1.165) is 5.56 Å². The van der Waals surface area contributed by atoms with Crippen molar-refractivity contribution in [3.63, 3.8) is 0 Å². The van der Waals surface area contributed by atoms with E-state index in [9.17, 15) is 14.4 Å². The lowest BCUT2D eigenvalue weighted by atomic mass is 9.77. The minimum Gasteiger partial charge on any atom is -0.458 e. The first-order chi connectivity index (χ1) is 16.6. The summed E-state index contributed by atoms with van der Waals surface area (Å²) >= 11 is 1.39. The maximum Gasteiger partial charge on any atom is 0.333 e. The first kappa shape index (κ1) is 27.8. The highest BCUT2D eigenvalue weighted by molar-refractivity contribution is 7.09. The molecule has 2 N–H and O–H groups in total. The molecule has 3 unspecified atom stereocenters. The van der Waals surface area contributed by atoms with Crippen molar-refractivity contribution in [2.24, 2.45) is 17.6 Å². The van der Waals surface area contributed by atoms with Gasteiger partial charge in [0, 0.05) is 17.1 Å². The Morgan fingerprint density at radius 3 is 2.19 bits per heavy atom. The van der Waals surface area contributed by atoms with Gasteiger partial charge in [0.15, 0.2) is 5.54 Å². The number of carbonyl (C=O) groups excluding carboxylic acids is 3. The molecule has 0 saturated carbocycles. The van der Waals surface area contributed by atoms with Crippen LogP contribution in [0.4, 0.5) is 0 Å². The van der Waals surface area contributed by atoms with Crippen molar-refractivity contribution in [2.45, 2.75) is 90.8 Å². The fourth-order valence-electron chi connectivity index (χ4n) is 5.06. The third kappa shape index (κ3) is 5.48. The first-order valence-electron chi connectivity index (χ1n) is 12.4. The summed E-state index contributed by atoms with van der Waals surface area (Å²) in [6.45, 7) is 15.6. The molecular weight excluding hydrogens is 474 g/mol. The number of thiazole rings is 1. The van der Waals surface area contributed by atoms with Gasteiger partial charge in [0.2, 0.25) is 5.91 Å². The molecule has 36 heavy (non-hydrogen) atoms. The van der Waals surface area contributed by atoms with Crippen molar-refractivity contribution in [1.29, 1.82) is 0 Å². The SMILES string of the molecule is CC(C)CC1(C(=O)OC(C)(C)C)C(C(N)=O)CC(c2nccs2)N1C(=O)c1ccc(C(C)(C)C)cc1. The van der Waals surface area contributed by atoms with E-state index in [-0.39, 0.29) is 30.1 Å². The van der Waals surface area contributed by atoms with Crippen molar-refractivity contribution in [3.05, 3.63) is 52.0 Å². The van der Waals surface area contributed by atoms with Crippen molar-refractivity contribution in [1.82, 2.24) is 9.88 Å². The first-order valence-corrected chi connectivity index (χ1v) is 13.3. The molecule has 196 valence electrons. The number of hydrogen-bond acceptors (Lipinski definition) is 6. The van der Waals surface area contributed by atoms with Gasteiger partial charge < -0.3 is 15.4 Å². The van der Waals surface area contributed by atoms with Crippen LogP contribution in [0.1, 0.15) is 95.2 Å². The molecule has 0 bridgehead atoms. The summed E-state index contributed by atoms with van der Waals surface area (Å²) in [4.78, 5) is 47.3. The van der Waals surface area contributed by atoms with E-state index >= 15 is 0 Å². The third-order valence-corrected chi connectivity index (χ3v) is 7.42. The van der Waals surface area contributed by atoms with Crippen LogP contribution < -0.4 is 5.73 Å². The number of rotatable bonds is 6. The molecule has 3 rings (SSSR count). The predicted octanol–water partition coefficient (Wildman–Crippen LogP) is 5.26. The fourth-order valence-corrected chi connectivity index (χ4v) is 5.80. The summed E-state index contributed by atoms with van der Waals surface area (Å²) in [6.07, 6.45) is 2.11. The van der Waals surface area contributed by atoms with Crippen LogP contribution in [0.25, 0.3) is 0 Å². The number of ether oxygens (including phenoxy) is 1. The largest absolute Gasteiger partial charge is 0.458 e. The number of nitrogens with two attached hydrogens (primary N) is 1. The molecule has 2 amide bonds. The van der Waals surface area contributed by atoms with E-state index in [1.807, 2.05) is 31.4 Å². The number of benzene rings is 1. The molecule has 7 nitrogen and oxygen atoms in total. The normalized spacial score (nSPS) is 22.6. The van der Waals surface area contributed by atoms with E-state index in [4.69, 9.17) is 10.5 Å². The molecule has 1 aliphatic heterocycles. The van der Waals surface area contributed by atoms with Gasteiger partial charge in [-0.1, -0.05) is 46.8 Å². The number of aromatic nitrogens is 1. The molecule has 8 heteroatoms. The van der Waals surface area contributed by atoms with Gasteiger partial charge in [-0.2, -0.15) is 0 Å². The summed E-state index contributed by atoms with van der Waals surface area (Å²) < 4.78 is 5.89. The van der Waals surface area contributed by atoms with Crippen LogP contribution in [0.5, 0.6) is 0 Å². The maximum absolute atomic E-state index is 14.3. The molecule has 0 aliphatic carbocycles. The van der Waals surface area contributed by atoms with Crippen LogP contribution in [-0.4, -0.2) is 38.8 Å². The van der Waals surface area contributed by atoms with E-state index in [0.29, 0.717) is 10.6 Å². The topological polar surface area (TPSA) is 103 Å². The molecule has 2 aromatic rings. The quantitative estimate of drug-likeness (QED) is 0.531. The van der Waals surface area contributed by atoms with Crippen LogP contribution in [0.3, 0.4) is 0 Å². The average Bonchev–Trinajstić information content (AvgIpc) is 3.38. The third-order valence-electron chi connectivity index (χ3n) is 6.55. The molecular formula is C28H39N3O4S. The molecule has 2 heterocycles. The van der Waals surface area contributed by atoms with Gasteiger partial charge in [0.1, 0.15) is 10.6 Å². The van der Waals surface area contributed by atoms with Crippen LogP contribution >= 0.6 is 11.3 Å². The molecule has 1 fully saturated rings. The lowest BCUT2D eigenvalue weighted by Gasteiger charge is -2.43. The standard InChI is InChI=1S/C28H39N3O4S/c1-17(2)16-28(25(34)35-27(6,7)8)20(22(29)32)15-21(23-30-13-14-36-23)31(28)24(33)18-9-11-19(12-10-18)26(3,4)5/h9-14,17,20-21H,15-16H2,1-8H3,(H2,29,32). The van der Waals surface area contributed by atoms with Gasteiger partial charge >= 0.3 is 5.97 Å². The van der Waals surface area contributed by atoms with Crippen LogP contribution in [0.2, 0.25) is 0 Å². The number of amides is 2. The zero-order valence-electron chi connectivity index (χ0n) is 22.6. The number of carbonyl (C=O) groups is 3. The Morgan fingerprint density at radius 2 is 1.75 bits per heavy atom. The minimum atomic E-state index is -1.55. The monoisotopic (exact) mass is 513 g/mol. The molecule has 0 spiro atoms. The number of primary amides is 1. The van der Waals surface area contributed by atoms with Crippen LogP contribution in [-0.2, 0) is 19.7 Å². The number of likely N-dealkylation sites (tertiary alicyclic amines) is 1. The summed E-state index contributed by atoms with van der Waals surface area (Å²) in [5.41, 5.74) is 5.02. The smallest absolute Gasteiger partial charge is 0.333 e. The van der Waals surface area contributed by atoms with E-state index in [1.54, 1.807) is 44.0 Å². The average molecular weight is 514 g/mol. The Labute approximate surface area is 218 Å². The van der Waals surface area contributed by atoms with E-state index < -0.39 is 35.0 Å². The lowest BCUT2D eigenvalue weighted by molar-refractivity contribution is -0.172. The highest BCUT2D eigenvalue weighted by atomic mass is 32.1. The summed E-state index contributed by atoms with van der Waals surface area (Å²) in [5, 5.41) is 2.49. The van der Waals surface area contributed by atoms with E-state index in [2.05, 4.69) is 25.8 Å². The molecule has 1 aliphatic rings. The summed E-state index contributed by atoms with van der Waals surface area (Å²) in [5.74, 6) is -2.51. The lowest BCUT2D eigenvalue weighted by Crippen LogP contribution is -2.61. The van der Waals surface area contributed by atoms with E-state index in [1.165, 1.54) is 11.3 Å². The van der Waals surface area contributed by atoms with Gasteiger partial charge in [-0.25, -0.2) is 9.78 Å².